The Morgan fingerprint density at radius 2 is 2.06 bits per heavy atom. The van der Waals surface area contributed by atoms with Gasteiger partial charge in [0, 0.05) is 7.05 Å². The van der Waals surface area contributed by atoms with Gasteiger partial charge in [-0.15, -0.1) is 0 Å². The zero-order valence-electron chi connectivity index (χ0n) is 11.7. The average Bonchev–Trinajstić information content (AvgIpc) is 2.27. The molecule has 0 aliphatic carbocycles. The summed E-state index contributed by atoms with van der Waals surface area (Å²) in [5.74, 6) is 0.850. The molecule has 18 heavy (non-hydrogen) atoms. The monoisotopic (exact) mass is 249 g/mol. The molecule has 3 nitrogen and oxygen atoms in total. The van der Waals surface area contributed by atoms with Gasteiger partial charge in [-0.2, -0.15) is 0 Å². The molecule has 0 atom stereocenters. The van der Waals surface area contributed by atoms with E-state index in [4.69, 9.17) is 4.74 Å². The fourth-order valence-electron chi connectivity index (χ4n) is 1.49. The largest absolute Gasteiger partial charge is 0.494 e. The maximum Gasteiger partial charge on any atom is 0.224 e. The molecule has 3 heteroatoms. The molecule has 0 aromatic heterocycles. The lowest BCUT2D eigenvalue weighted by molar-refractivity contribution is -0.119. The highest BCUT2D eigenvalue weighted by molar-refractivity contribution is 5.78. The van der Waals surface area contributed by atoms with Crippen molar-refractivity contribution in [3.8, 4) is 5.75 Å². The normalized spacial score (nSPS) is 11.1. The molecule has 1 aromatic carbocycles. The van der Waals surface area contributed by atoms with Crippen LogP contribution in [-0.2, 0) is 11.2 Å². The maximum atomic E-state index is 11.3. The summed E-state index contributed by atoms with van der Waals surface area (Å²) in [4.78, 5) is 11.3. The Bertz CT molecular complexity index is 394. The SMILES string of the molecule is CNC(=O)Cc1cccc(OCCC(C)(C)C)c1. The van der Waals surface area contributed by atoms with Gasteiger partial charge in [-0.25, -0.2) is 0 Å². The highest BCUT2D eigenvalue weighted by Gasteiger charge is 2.10. The lowest BCUT2D eigenvalue weighted by atomic mass is 9.93. The number of hydrogen-bond donors (Lipinski definition) is 1. The molecule has 0 aliphatic heterocycles. The molecular weight excluding hydrogens is 226 g/mol. The highest BCUT2D eigenvalue weighted by atomic mass is 16.5. The van der Waals surface area contributed by atoms with Crippen molar-refractivity contribution in [1.29, 1.82) is 0 Å². The Hall–Kier alpha value is -1.51. The van der Waals surface area contributed by atoms with E-state index in [1.807, 2.05) is 24.3 Å². The van der Waals surface area contributed by atoms with Crippen LogP contribution in [0.25, 0.3) is 0 Å². The predicted molar refractivity (Wildman–Crippen MR) is 73.8 cm³/mol. The molecule has 0 saturated carbocycles. The van der Waals surface area contributed by atoms with Gasteiger partial charge in [0.2, 0.25) is 5.91 Å². The Balaban J connectivity index is 2.52. The molecule has 0 saturated heterocycles. The van der Waals surface area contributed by atoms with E-state index in [0.29, 0.717) is 13.0 Å². The molecule has 0 bridgehead atoms. The van der Waals surface area contributed by atoms with E-state index >= 15 is 0 Å². The van der Waals surface area contributed by atoms with Gasteiger partial charge in [0.25, 0.3) is 0 Å². The van der Waals surface area contributed by atoms with Crippen molar-refractivity contribution in [3.63, 3.8) is 0 Å². The summed E-state index contributed by atoms with van der Waals surface area (Å²) in [5.41, 5.74) is 1.25. The Morgan fingerprint density at radius 3 is 2.67 bits per heavy atom. The number of amides is 1. The first-order valence-electron chi connectivity index (χ1n) is 6.33. The number of carbonyl (C=O) groups is 1. The summed E-state index contributed by atoms with van der Waals surface area (Å²) in [7, 11) is 1.64. The van der Waals surface area contributed by atoms with Crippen LogP contribution in [0.5, 0.6) is 5.75 Å². The third-order valence-electron chi connectivity index (χ3n) is 2.66. The smallest absolute Gasteiger partial charge is 0.224 e. The summed E-state index contributed by atoms with van der Waals surface area (Å²) >= 11 is 0. The molecule has 1 rings (SSSR count). The predicted octanol–water partition coefficient (Wildman–Crippen LogP) is 2.79. The van der Waals surface area contributed by atoms with Crippen LogP contribution in [0.2, 0.25) is 0 Å². The highest BCUT2D eigenvalue weighted by Crippen LogP contribution is 2.20. The second kappa shape index (κ2) is 6.43. The lowest BCUT2D eigenvalue weighted by Crippen LogP contribution is -2.19. The standard InChI is InChI=1S/C15H23NO2/c1-15(2,3)8-9-18-13-7-5-6-12(10-13)11-14(17)16-4/h5-7,10H,8-9,11H2,1-4H3,(H,16,17). The number of likely N-dealkylation sites (N-methyl/N-ethyl adjacent to an activating group) is 1. The van der Waals surface area contributed by atoms with Crippen LogP contribution in [-0.4, -0.2) is 19.6 Å². The Morgan fingerprint density at radius 1 is 1.33 bits per heavy atom. The first-order valence-corrected chi connectivity index (χ1v) is 6.33. The van der Waals surface area contributed by atoms with Crippen molar-refractivity contribution >= 4 is 5.91 Å². The van der Waals surface area contributed by atoms with Gasteiger partial charge in [-0.3, -0.25) is 4.79 Å². The molecule has 1 aromatic rings. The van der Waals surface area contributed by atoms with Crippen molar-refractivity contribution in [2.45, 2.75) is 33.6 Å². The van der Waals surface area contributed by atoms with Crippen molar-refractivity contribution in [2.75, 3.05) is 13.7 Å². The van der Waals surface area contributed by atoms with Crippen LogP contribution in [0.15, 0.2) is 24.3 Å². The summed E-state index contributed by atoms with van der Waals surface area (Å²) < 4.78 is 5.71. The fourth-order valence-corrected chi connectivity index (χ4v) is 1.49. The van der Waals surface area contributed by atoms with E-state index in [1.54, 1.807) is 7.05 Å². The number of rotatable bonds is 5. The zero-order valence-corrected chi connectivity index (χ0v) is 11.7. The van der Waals surface area contributed by atoms with Gasteiger partial charge in [-0.1, -0.05) is 32.9 Å². The van der Waals surface area contributed by atoms with E-state index in [9.17, 15) is 4.79 Å². The van der Waals surface area contributed by atoms with Crippen molar-refractivity contribution < 1.29 is 9.53 Å². The summed E-state index contributed by atoms with van der Waals surface area (Å²) in [5, 5.41) is 2.62. The fraction of sp³-hybridized carbons (Fsp3) is 0.533. The van der Waals surface area contributed by atoms with Gasteiger partial charge in [0.1, 0.15) is 5.75 Å². The van der Waals surface area contributed by atoms with E-state index in [-0.39, 0.29) is 11.3 Å². The number of hydrogen-bond acceptors (Lipinski definition) is 2. The minimum atomic E-state index is 0.0156. The minimum absolute atomic E-state index is 0.0156. The van der Waals surface area contributed by atoms with Gasteiger partial charge in [-0.05, 0) is 29.5 Å². The Kier molecular flexibility index (Phi) is 5.20. The van der Waals surface area contributed by atoms with Crippen LogP contribution in [0.1, 0.15) is 32.8 Å². The lowest BCUT2D eigenvalue weighted by Gasteiger charge is -2.18. The number of carbonyl (C=O) groups excluding carboxylic acids is 1. The quantitative estimate of drug-likeness (QED) is 0.871. The van der Waals surface area contributed by atoms with E-state index in [2.05, 4.69) is 26.1 Å². The van der Waals surface area contributed by atoms with Gasteiger partial charge in [0.05, 0.1) is 13.0 Å². The first-order chi connectivity index (χ1) is 8.40. The minimum Gasteiger partial charge on any atom is -0.494 e. The van der Waals surface area contributed by atoms with Crippen LogP contribution in [0.3, 0.4) is 0 Å². The number of nitrogens with one attached hydrogen (secondary N) is 1. The molecule has 0 unspecified atom stereocenters. The first kappa shape index (κ1) is 14.6. The molecule has 1 amide bonds. The maximum absolute atomic E-state index is 11.3. The third kappa shape index (κ3) is 5.71. The van der Waals surface area contributed by atoms with Gasteiger partial charge in [0.15, 0.2) is 0 Å². The van der Waals surface area contributed by atoms with Crippen molar-refractivity contribution in [3.05, 3.63) is 29.8 Å². The molecule has 0 spiro atoms. The molecule has 1 N–H and O–H groups in total. The van der Waals surface area contributed by atoms with E-state index < -0.39 is 0 Å². The number of ether oxygens (including phenoxy) is 1. The molecule has 100 valence electrons. The van der Waals surface area contributed by atoms with E-state index in [1.165, 1.54) is 0 Å². The summed E-state index contributed by atoms with van der Waals surface area (Å²) in [6.45, 7) is 7.28. The second-order valence-corrected chi connectivity index (χ2v) is 5.66. The average molecular weight is 249 g/mol. The summed E-state index contributed by atoms with van der Waals surface area (Å²) in [6.07, 6.45) is 1.40. The van der Waals surface area contributed by atoms with Crippen LogP contribution < -0.4 is 10.1 Å². The van der Waals surface area contributed by atoms with Gasteiger partial charge >= 0.3 is 0 Å². The second-order valence-electron chi connectivity index (χ2n) is 5.66. The summed E-state index contributed by atoms with van der Waals surface area (Å²) in [6, 6.07) is 7.71. The zero-order chi connectivity index (χ0) is 13.6. The molecular formula is C15H23NO2. The van der Waals surface area contributed by atoms with Crippen LogP contribution in [0.4, 0.5) is 0 Å². The molecule has 0 fully saturated rings. The van der Waals surface area contributed by atoms with Crippen LogP contribution in [0, 0.1) is 5.41 Å². The van der Waals surface area contributed by atoms with Gasteiger partial charge < -0.3 is 10.1 Å². The van der Waals surface area contributed by atoms with Crippen molar-refractivity contribution in [1.82, 2.24) is 5.32 Å². The topological polar surface area (TPSA) is 38.3 Å². The molecule has 0 aliphatic rings. The third-order valence-corrected chi connectivity index (χ3v) is 2.66. The van der Waals surface area contributed by atoms with Crippen molar-refractivity contribution in [2.24, 2.45) is 5.41 Å². The van der Waals surface area contributed by atoms with E-state index in [0.717, 1.165) is 17.7 Å². The molecule has 0 radical (unpaired) electrons. The molecule has 0 heterocycles. The number of benzene rings is 1. The Labute approximate surface area is 110 Å². The van der Waals surface area contributed by atoms with Crippen LogP contribution >= 0.6 is 0 Å².